The number of piperidine rings is 1. The van der Waals surface area contributed by atoms with Crippen LogP contribution < -0.4 is 0 Å². The van der Waals surface area contributed by atoms with Gasteiger partial charge >= 0.3 is 0 Å². The number of amides is 1. The maximum atomic E-state index is 12.6. The van der Waals surface area contributed by atoms with Crippen molar-refractivity contribution in [1.82, 2.24) is 23.9 Å². The molecule has 1 aromatic rings. The first-order valence-electron chi connectivity index (χ1n) is 8.88. The van der Waals surface area contributed by atoms with Gasteiger partial charge in [0, 0.05) is 52.0 Å². The molecular formula is C16H27N5O3S. The van der Waals surface area contributed by atoms with E-state index in [0.29, 0.717) is 38.8 Å². The van der Waals surface area contributed by atoms with Crippen molar-refractivity contribution in [3.05, 3.63) is 12.4 Å². The summed E-state index contributed by atoms with van der Waals surface area (Å²) in [6.45, 7) is 5.29. The van der Waals surface area contributed by atoms with Crippen LogP contribution in [-0.4, -0.2) is 83.5 Å². The Morgan fingerprint density at radius 3 is 2.52 bits per heavy atom. The third kappa shape index (κ3) is 4.04. The number of hydrogen-bond acceptors (Lipinski definition) is 5. The van der Waals surface area contributed by atoms with Crippen LogP contribution in [0.15, 0.2) is 17.3 Å². The average Bonchev–Trinajstić information content (AvgIpc) is 3.03. The molecule has 3 heterocycles. The van der Waals surface area contributed by atoms with Gasteiger partial charge in [0.2, 0.25) is 15.9 Å². The summed E-state index contributed by atoms with van der Waals surface area (Å²) in [6.07, 6.45) is 6.23. The van der Waals surface area contributed by atoms with Gasteiger partial charge in [-0.1, -0.05) is 0 Å². The number of nitrogens with zero attached hydrogens (tertiary/aromatic N) is 5. The zero-order valence-corrected chi connectivity index (χ0v) is 15.8. The molecule has 2 fully saturated rings. The standard InChI is InChI=1S/C16H27N5O3S/c1-14-5-3-4-6-21(14)16(22)13-19-7-9-20(10-8-19)25(23,24)15-11-17-18(2)12-15/h11-12,14H,3-10,13H2,1-2H3/t14-/m1/s1. The predicted molar refractivity (Wildman–Crippen MR) is 93.4 cm³/mol. The molecule has 0 bridgehead atoms. The molecule has 3 rings (SSSR count). The van der Waals surface area contributed by atoms with E-state index in [2.05, 4.69) is 16.9 Å². The summed E-state index contributed by atoms with van der Waals surface area (Å²) >= 11 is 0. The van der Waals surface area contributed by atoms with Gasteiger partial charge in [-0.15, -0.1) is 0 Å². The minimum Gasteiger partial charge on any atom is -0.339 e. The number of carbonyl (C=O) groups excluding carboxylic acids is 1. The van der Waals surface area contributed by atoms with Gasteiger partial charge in [0.25, 0.3) is 0 Å². The maximum absolute atomic E-state index is 12.6. The molecule has 0 spiro atoms. The summed E-state index contributed by atoms with van der Waals surface area (Å²) in [7, 11) is -1.80. The van der Waals surface area contributed by atoms with Gasteiger partial charge in [-0.3, -0.25) is 14.4 Å². The molecular weight excluding hydrogens is 342 g/mol. The van der Waals surface area contributed by atoms with Crippen LogP contribution in [0, 0.1) is 0 Å². The Bertz CT molecular complexity index is 709. The number of aromatic nitrogens is 2. The molecule has 1 amide bonds. The number of rotatable bonds is 4. The van der Waals surface area contributed by atoms with Crippen LogP contribution in [0.5, 0.6) is 0 Å². The Balaban J connectivity index is 1.54. The minimum atomic E-state index is -3.49. The molecule has 0 radical (unpaired) electrons. The lowest BCUT2D eigenvalue weighted by Crippen LogP contribution is -2.53. The molecule has 8 nitrogen and oxygen atoms in total. The lowest BCUT2D eigenvalue weighted by atomic mass is 10.0. The van der Waals surface area contributed by atoms with E-state index in [4.69, 9.17) is 0 Å². The largest absolute Gasteiger partial charge is 0.339 e. The lowest BCUT2D eigenvalue weighted by Gasteiger charge is -2.37. The molecule has 140 valence electrons. The summed E-state index contributed by atoms with van der Waals surface area (Å²) < 4.78 is 28.2. The molecule has 2 aliphatic rings. The van der Waals surface area contributed by atoms with E-state index in [1.165, 1.54) is 27.8 Å². The summed E-state index contributed by atoms with van der Waals surface area (Å²) in [6, 6.07) is 0.313. The van der Waals surface area contributed by atoms with Gasteiger partial charge in [0.05, 0.1) is 12.7 Å². The zero-order valence-electron chi connectivity index (χ0n) is 15.0. The first kappa shape index (κ1) is 18.3. The molecule has 0 N–H and O–H groups in total. The van der Waals surface area contributed by atoms with Crippen LogP contribution in [0.25, 0.3) is 0 Å². The second-order valence-corrected chi connectivity index (χ2v) is 8.90. The molecule has 0 unspecified atom stereocenters. The summed E-state index contributed by atoms with van der Waals surface area (Å²) in [5.74, 6) is 0.163. The normalized spacial score (nSPS) is 23.8. The number of sulfonamides is 1. The minimum absolute atomic E-state index is 0.163. The average molecular weight is 369 g/mol. The van der Waals surface area contributed by atoms with Crippen LogP contribution in [0.3, 0.4) is 0 Å². The van der Waals surface area contributed by atoms with Gasteiger partial charge < -0.3 is 4.90 Å². The lowest BCUT2D eigenvalue weighted by molar-refractivity contribution is -0.135. The monoisotopic (exact) mass is 369 g/mol. The Morgan fingerprint density at radius 2 is 1.92 bits per heavy atom. The molecule has 25 heavy (non-hydrogen) atoms. The Hall–Kier alpha value is -1.45. The molecule has 9 heteroatoms. The first-order valence-corrected chi connectivity index (χ1v) is 10.3. The third-order valence-corrected chi connectivity index (χ3v) is 6.98. The van der Waals surface area contributed by atoms with Gasteiger partial charge in [-0.05, 0) is 26.2 Å². The Labute approximate surface area is 149 Å². The van der Waals surface area contributed by atoms with E-state index in [0.717, 1.165) is 19.4 Å². The topological polar surface area (TPSA) is 78.8 Å². The fourth-order valence-corrected chi connectivity index (χ4v) is 4.97. The van der Waals surface area contributed by atoms with Crippen LogP contribution in [0.1, 0.15) is 26.2 Å². The van der Waals surface area contributed by atoms with Crippen molar-refractivity contribution in [3.8, 4) is 0 Å². The summed E-state index contributed by atoms with van der Waals surface area (Å²) in [5, 5.41) is 3.94. The Kier molecular flexibility index (Phi) is 5.45. The van der Waals surface area contributed by atoms with E-state index in [1.54, 1.807) is 7.05 Å². The molecule has 0 saturated carbocycles. The van der Waals surface area contributed by atoms with Crippen molar-refractivity contribution in [2.24, 2.45) is 7.05 Å². The SMILES string of the molecule is C[C@@H]1CCCCN1C(=O)CN1CCN(S(=O)(=O)c2cnn(C)c2)CC1. The second kappa shape index (κ2) is 7.43. The van der Waals surface area contributed by atoms with Crippen LogP contribution in [-0.2, 0) is 21.9 Å². The van der Waals surface area contributed by atoms with E-state index < -0.39 is 10.0 Å². The summed E-state index contributed by atoms with van der Waals surface area (Å²) in [4.78, 5) is 16.8. The molecule has 0 aliphatic carbocycles. The highest BCUT2D eigenvalue weighted by atomic mass is 32.2. The molecule has 2 saturated heterocycles. The molecule has 1 atom stereocenters. The van der Waals surface area contributed by atoms with Crippen molar-refractivity contribution in [2.75, 3.05) is 39.3 Å². The first-order chi connectivity index (χ1) is 11.9. The number of carbonyl (C=O) groups is 1. The van der Waals surface area contributed by atoms with Crippen LogP contribution in [0.4, 0.5) is 0 Å². The highest BCUT2D eigenvalue weighted by molar-refractivity contribution is 7.89. The molecule has 2 aliphatic heterocycles. The predicted octanol–water partition coefficient (Wildman–Crippen LogP) is 0.127. The molecule has 1 aromatic heterocycles. The maximum Gasteiger partial charge on any atom is 0.246 e. The molecule has 0 aromatic carbocycles. The van der Waals surface area contributed by atoms with Gasteiger partial charge in [0.15, 0.2) is 0 Å². The van der Waals surface area contributed by atoms with Gasteiger partial charge in [0.1, 0.15) is 4.90 Å². The smallest absolute Gasteiger partial charge is 0.246 e. The van der Waals surface area contributed by atoms with Crippen molar-refractivity contribution >= 4 is 15.9 Å². The van der Waals surface area contributed by atoms with E-state index in [-0.39, 0.29) is 10.8 Å². The number of likely N-dealkylation sites (tertiary alicyclic amines) is 1. The van der Waals surface area contributed by atoms with Crippen molar-refractivity contribution in [3.63, 3.8) is 0 Å². The van der Waals surface area contributed by atoms with E-state index in [9.17, 15) is 13.2 Å². The van der Waals surface area contributed by atoms with Crippen molar-refractivity contribution in [1.29, 1.82) is 0 Å². The van der Waals surface area contributed by atoms with E-state index in [1.807, 2.05) is 4.90 Å². The Morgan fingerprint density at radius 1 is 1.20 bits per heavy atom. The summed E-state index contributed by atoms with van der Waals surface area (Å²) in [5.41, 5.74) is 0. The third-order valence-electron chi connectivity index (χ3n) is 5.13. The fraction of sp³-hybridized carbons (Fsp3) is 0.750. The number of aryl methyl sites for hydroxylation is 1. The van der Waals surface area contributed by atoms with Gasteiger partial charge in [-0.25, -0.2) is 8.42 Å². The zero-order chi connectivity index (χ0) is 18.0. The van der Waals surface area contributed by atoms with Crippen LogP contribution >= 0.6 is 0 Å². The number of hydrogen-bond donors (Lipinski definition) is 0. The quantitative estimate of drug-likeness (QED) is 0.754. The van der Waals surface area contributed by atoms with E-state index >= 15 is 0 Å². The highest BCUT2D eigenvalue weighted by Gasteiger charge is 2.31. The van der Waals surface area contributed by atoms with Crippen molar-refractivity contribution < 1.29 is 13.2 Å². The fourth-order valence-electron chi connectivity index (χ4n) is 3.56. The second-order valence-electron chi connectivity index (χ2n) is 6.96. The van der Waals surface area contributed by atoms with Crippen LogP contribution in [0.2, 0.25) is 0 Å². The van der Waals surface area contributed by atoms with Crippen molar-refractivity contribution in [2.45, 2.75) is 37.1 Å². The highest BCUT2D eigenvalue weighted by Crippen LogP contribution is 2.19. The van der Waals surface area contributed by atoms with Gasteiger partial charge in [-0.2, -0.15) is 9.40 Å². The number of piperazine rings is 1.